The molecule has 0 radical (unpaired) electrons. The van der Waals surface area contributed by atoms with Crippen LogP contribution in [0.3, 0.4) is 0 Å². The first-order chi connectivity index (χ1) is 12.9. The van der Waals surface area contributed by atoms with Gasteiger partial charge in [-0.1, -0.05) is 37.6 Å². The summed E-state index contributed by atoms with van der Waals surface area (Å²) in [6.07, 6.45) is 5.30. The first kappa shape index (κ1) is 19.6. The molecule has 1 saturated carbocycles. The van der Waals surface area contributed by atoms with E-state index in [1.54, 1.807) is 36.4 Å². The van der Waals surface area contributed by atoms with Crippen molar-refractivity contribution < 1.29 is 22.5 Å². The summed E-state index contributed by atoms with van der Waals surface area (Å²) < 4.78 is 36.9. The molecule has 1 aliphatic carbocycles. The van der Waals surface area contributed by atoms with E-state index >= 15 is 0 Å². The molecular weight excluding hydrogens is 364 g/mol. The Morgan fingerprint density at radius 2 is 1.48 bits per heavy atom. The minimum Gasteiger partial charge on any atom is -0.459 e. The van der Waals surface area contributed by atoms with Crippen LogP contribution in [0.1, 0.15) is 49.4 Å². The largest absolute Gasteiger partial charge is 0.459 e. The third-order valence-corrected chi connectivity index (χ3v) is 6.12. The molecule has 1 aliphatic rings. The van der Waals surface area contributed by atoms with Crippen LogP contribution in [0.2, 0.25) is 0 Å². The van der Waals surface area contributed by atoms with Crippen LogP contribution >= 0.6 is 0 Å². The number of ether oxygens (including phenoxy) is 1. The second-order valence-corrected chi connectivity index (χ2v) is 8.45. The minimum atomic E-state index is -4.20. The summed E-state index contributed by atoms with van der Waals surface area (Å²) in [6.45, 7) is 2.20. The molecule has 2 aromatic carbocycles. The summed E-state index contributed by atoms with van der Waals surface area (Å²) in [6, 6.07) is 12.9. The Morgan fingerprint density at radius 3 is 1.96 bits per heavy atom. The minimum absolute atomic E-state index is 0.00736. The summed E-state index contributed by atoms with van der Waals surface area (Å²) in [5.74, 6) is 0.453. The van der Waals surface area contributed by atoms with E-state index in [9.17, 15) is 13.2 Å². The van der Waals surface area contributed by atoms with Crippen LogP contribution in [0.25, 0.3) is 11.1 Å². The summed E-state index contributed by atoms with van der Waals surface area (Å²) >= 11 is 0. The fourth-order valence-electron chi connectivity index (χ4n) is 3.50. The fraction of sp³-hybridized carbons (Fsp3) is 0.381. The molecule has 0 aromatic heterocycles. The lowest BCUT2D eigenvalue weighted by molar-refractivity contribution is 0.0164. The van der Waals surface area contributed by atoms with E-state index in [0.717, 1.165) is 42.7 Å². The van der Waals surface area contributed by atoms with Gasteiger partial charge in [0.1, 0.15) is 6.10 Å². The summed E-state index contributed by atoms with van der Waals surface area (Å²) in [4.78, 5) is 12.2. The van der Waals surface area contributed by atoms with E-state index in [1.807, 2.05) is 0 Å². The zero-order chi connectivity index (χ0) is 19.4. The van der Waals surface area contributed by atoms with E-state index in [0.29, 0.717) is 5.56 Å². The van der Waals surface area contributed by atoms with Crippen molar-refractivity contribution in [1.29, 1.82) is 0 Å². The second-order valence-electron chi connectivity index (χ2n) is 7.03. The average molecular weight is 388 g/mol. The molecule has 0 aliphatic heterocycles. The van der Waals surface area contributed by atoms with Crippen molar-refractivity contribution in [3.05, 3.63) is 54.1 Å². The average Bonchev–Trinajstić information content (AvgIpc) is 2.68. The van der Waals surface area contributed by atoms with Gasteiger partial charge in [-0.25, -0.2) is 4.79 Å². The molecule has 2 aromatic rings. The number of benzene rings is 2. The van der Waals surface area contributed by atoms with Crippen LogP contribution < -0.4 is 0 Å². The maximum atomic E-state index is 12.4. The SMILES string of the molecule is CCC1CCC(OC(=O)c2ccc(-c3ccc(S(=O)(=O)O)cc3)cc2)CC1. The van der Waals surface area contributed by atoms with Crippen LogP contribution in [-0.4, -0.2) is 25.0 Å². The highest BCUT2D eigenvalue weighted by atomic mass is 32.2. The topological polar surface area (TPSA) is 80.7 Å². The number of hydrogen-bond acceptors (Lipinski definition) is 4. The molecule has 0 spiro atoms. The lowest BCUT2D eigenvalue weighted by Gasteiger charge is -2.27. The van der Waals surface area contributed by atoms with Crippen LogP contribution in [0.4, 0.5) is 0 Å². The molecule has 0 atom stereocenters. The summed E-state index contributed by atoms with van der Waals surface area (Å²) in [5.41, 5.74) is 2.14. The van der Waals surface area contributed by atoms with Crippen LogP contribution in [0.15, 0.2) is 53.4 Å². The Kier molecular flexibility index (Phi) is 5.97. The molecule has 144 valence electrons. The third-order valence-electron chi connectivity index (χ3n) is 5.25. The quantitative estimate of drug-likeness (QED) is 0.592. The molecule has 3 rings (SSSR count). The normalized spacial score (nSPS) is 20.2. The number of carbonyl (C=O) groups excluding carboxylic acids is 1. The van der Waals surface area contributed by atoms with E-state index in [4.69, 9.17) is 9.29 Å². The number of rotatable bonds is 5. The Labute approximate surface area is 160 Å². The Hall–Kier alpha value is -2.18. The molecule has 1 N–H and O–H groups in total. The van der Waals surface area contributed by atoms with E-state index in [-0.39, 0.29) is 17.0 Å². The number of hydrogen-bond donors (Lipinski definition) is 1. The van der Waals surface area contributed by atoms with Gasteiger partial charge < -0.3 is 4.74 Å². The molecule has 27 heavy (non-hydrogen) atoms. The predicted octanol–water partition coefficient (Wildman–Crippen LogP) is 4.73. The highest BCUT2D eigenvalue weighted by molar-refractivity contribution is 7.85. The Morgan fingerprint density at radius 1 is 0.963 bits per heavy atom. The van der Waals surface area contributed by atoms with Gasteiger partial charge in [-0.15, -0.1) is 0 Å². The molecule has 0 heterocycles. The molecule has 0 amide bonds. The maximum Gasteiger partial charge on any atom is 0.338 e. The van der Waals surface area contributed by atoms with Crippen molar-refractivity contribution in [3.8, 4) is 11.1 Å². The Bertz CT molecular complexity index is 877. The van der Waals surface area contributed by atoms with E-state index in [2.05, 4.69) is 6.92 Å². The van der Waals surface area contributed by atoms with Crippen molar-refractivity contribution in [1.82, 2.24) is 0 Å². The van der Waals surface area contributed by atoms with E-state index < -0.39 is 10.1 Å². The second kappa shape index (κ2) is 8.23. The van der Waals surface area contributed by atoms with Gasteiger partial charge in [-0.2, -0.15) is 8.42 Å². The lowest BCUT2D eigenvalue weighted by atomic mass is 9.86. The predicted molar refractivity (Wildman–Crippen MR) is 103 cm³/mol. The first-order valence-corrected chi connectivity index (χ1v) is 10.7. The van der Waals surface area contributed by atoms with Crippen molar-refractivity contribution in [2.75, 3.05) is 0 Å². The van der Waals surface area contributed by atoms with Crippen molar-refractivity contribution in [2.24, 2.45) is 5.92 Å². The molecule has 0 saturated heterocycles. The highest BCUT2D eigenvalue weighted by Gasteiger charge is 2.23. The van der Waals surface area contributed by atoms with Gasteiger partial charge in [0.25, 0.3) is 10.1 Å². The van der Waals surface area contributed by atoms with Crippen LogP contribution in [0.5, 0.6) is 0 Å². The summed E-state index contributed by atoms with van der Waals surface area (Å²) in [7, 11) is -4.20. The monoisotopic (exact) mass is 388 g/mol. The number of esters is 1. The van der Waals surface area contributed by atoms with Crippen LogP contribution in [-0.2, 0) is 14.9 Å². The molecule has 0 bridgehead atoms. The van der Waals surface area contributed by atoms with Gasteiger partial charge in [-0.3, -0.25) is 4.55 Å². The zero-order valence-corrected chi connectivity index (χ0v) is 16.1. The standard InChI is InChI=1S/C21H24O5S/c1-2-15-3-11-19(12-4-15)26-21(22)18-7-5-16(6-8-18)17-9-13-20(14-10-17)27(23,24)25/h5-10,13-15,19H,2-4,11-12H2,1H3,(H,23,24,25). The molecule has 0 unspecified atom stereocenters. The van der Waals surface area contributed by atoms with Gasteiger partial charge in [0.05, 0.1) is 10.5 Å². The third kappa shape index (κ3) is 4.96. The lowest BCUT2D eigenvalue weighted by Crippen LogP contribution is -2.24. The van der Waals surface area contributed by atoms with Gasteiger partial charge in [0.2, 0.25) is 0 Å². The first-order valence-electron chi connectivity index (χ1n) is 9.26. The molecule has 6 heteroatoms. The fourth-order valence-corrected chi connectivity index (χ4v) is 3.98. The van der Waals surface area contributed by atoms with E-state index in [1.165, 1.54) is 18.6 Å². The van der Waals surface area contributed by atoms with Gasteiger partial charge >= 0.3 is 5.97 Å². The summed E-state index contributed by atoms with van der Waals surface area (Å²) in [5, 5.41) is 0. The molecule has 5 nitrogen and oxygen atoms in total. The van der Waals surface area contributed by atoms with Crippen molar-refractivity contribution in [2.45, 2.75) is 50.0 Å². The van der Waals surface area contributed by atoms with Crippen molar-refractivity contribution in [3.63, 3.8) is 0 Å². The smallest absolute Gasteiger partial charge is 0.338 e. The Balaban J connectivity index is 1.64. The van der Waals surface area contributed by atoms with Crippen LogP contribution in [0, 0.1) is 5.92 Å². The molecular formula is C21H24O5S. The van der Waals surface area contributed by atoms with Gasteiger partial charge in [0, 0.05) is 0 Å². The number of carbonyl (C=O) groups is 1. The highest BCUT2D eigenvalue weighted by Crippen LogP contribution is 2.29. The molecule has 1 fully saturated rings. The van der Waals surface area contributed by atoms with Gasteiger partial charge in [-0.05, 0) is 67.0 Å². The van der Waals surface area contributed by atoms with Gasteiger partial charge in [0.15, 0.2) is 0 Å². The van der Waals surface area contributed by atoms with Crippen molar-refractivity contribution >= 4 is 16.1 Å². The maximum absolute atomic E-state index is 12.4. The zero-order valence-electron chi connectivity index (χ0n) is 15.3.